The quantitative estimate of drug-likeness (QED) is 0.766. The second-order valence-corrected chi connectivity index (χ2v) is 3.88. The van der Waals surface area contributed by atoms with E-state index in [1.807, 2.05) is 12.1 Å². The van der Waals surface area contributed by atoms with Gasteiger partial charge in [0.05, 0.1) is 11.9 Å². The standard InChI is InChI=1S/C12H13N3O/c1-9(2)11-4-3-10(7-14-11)15-8-13-6-5-12(15)16/h3-9H,1-2H3. The van der Waals surface area contributed by atoms with Gasteiger partial charge in [-0.3, -0.25) is 14.3 Å². The second kappa shape index (κ2) is 4.26. The van der Waals surface area contributed by atoms with Crippen LogP contribution in [0.1, 0.15) is 25.5 Å². The molecule has 0 radical (unpaired) electrons. The average molecular weight is 215 g/mol. The molecule has 0 saturated heterocycles. The Bertz CT molecular complexity index is 528. The Balaban J connectivity index is 2.43. The second-order valence-electron chi connectivity index (χ2n) is 3.88. The first kappa shape index (κ1) is 10.5. The Kier molecular flexibility index (Phi) is 2.81. The fraction of sp³-hybridized carbons (Fsp3) is 0.250. The molecule has 0 fully saturated rings. The van der Waals surface area contributed by atoms with Crippen LogP contribution in [0.25, 0.3) is 5.69 Å². The van der Waals surface area contributed by atoms with Crippen molar-refractivity contribution < 1.29 is 0 Å². The first-order valence-corrected chi connectivity index (χ1v) is 5.17. The maximum Gasteiger partial charge on any atom is 0.257 e. The third-order valence-corrected chi connectivity index (χ3v) is 2.36. The van der Waals surface area contributed by atoms with E-state index >= 15 is 0 Å². The number of aromatic nitrogens is 3. The van der Waals surface area contributed by atoms with Crippen LogP contribution in [0, 0.1) is 0 Å². The van der Waals surface area contributed by atoms with Crippen molar-refractivity contribution in [2.24, 2.45) is 0 Å². The molecular weight excluding hydrogens is 202 g/mol. The van der Waals surface area contributed by atoms with Gasteiger partial charge in [0.25, 0.3) is 5.56 Å². The summed E-state index contributed by atoms with van der Waals surface area (Å²) in [7, 11) is 0. The summed E-state index contributed by atoms with van der Waals surface area (Å²) in [4.78, 5) is 19.8. The molecule has 0 unspecified atom stereocenters. The van der Waals surface area contributed by atoms with Crippen molar-refractivity contribution in [2.75, 3.05) is 0 Å². The van der Waals surface area contributed by atoms with Crippen LogP contribution in [0.15, 0.2) is 41.7 Å². The van der Waals surface area contributed by atoms with E-state index in [-0.39, 0.29) is 5.56 Å². The minimum Gasteiger partial charge on any atom is -0.269 e. The first-order valence-electron chi connectivity index (χ1n) is 5.17. The van der Waals surface area contributed by atoms with Gasteiger partial charge in [-0.1, -0.05) is 13.8 Å². The Hall–Kier alpha value is -1.97. The van der Waals surface area contributed by atoms with E-state index in [9.17, 15) is 4.79 Å². The van der Waals surface area contributed by atoms with Crippen LogP contribution in [-0.4, -0.2) is 14.5 Å². The first-order chi connectivity index (χ1) is 7.68. The van der Waals surface area contributed by atoms with Crippen LogP contribution in [-0.2, 0) is 0 Å². The molecule has 16 heavy (non-hydrogen) atoms. The molecule has 2 aromatic rings. The number of pyridine rings is 1. The molecule has 0 aliphatic carbocycles. The van der Waals surface area contributed by atoms with Crippen molar-refractivity contribution in [3.05, 3.63) is 53.0 Å². The Morgan fingerprint density at radius 1 is 1.25 bits per heavy atom. The molecule has 0 aromatic carbocycles. The van der Waals surface area contributed by atoms with Gasteiger partial charge in [0.2, 0.25) is 0 Å². The molecule has 0 aliphatic heterocycles. The zero-order valence-corrected chi connectivity index (χ0v) is 9.29. The molecule has 82 valence electrons. The molecule has 0 aliphatic rings. The fourth-order valence-electron chi connectivity index (χ4n) is 1.42. The largest absolute Gasteiger partial charge is 0.269 e. The highest BCUT2D eigenvalue weighted by molar-refractivity contribution is 5.29. The molecule has 0 saturated carbocycles. The third-order valence-electron chi connectivity index (χ3n) is 2.36. The van der Waals surface area contributed by atoms with Crippen molar-refractivity contribution in [1.82, 2.24) is 14.5 Å². The van der Waals surface area contributed by atoms with Gasteiger partial charge in [-0.2, -0.15) is 0 Å². The lowest BCUT2D eigenvalue weighted by atomic mass is 10.1. The van der Waals surface area contributed by atoms with Crippen molar-refractivity contribution >= 4 is 0 Å². The van der Waals surface area contributed by atoms with Gasteiger partial charge in [-0.15, -0.1) is 0 Å². The van der Waals surface area contributed by atoms with E-state index in [0.29, 0.717) is 5.92 Å². The summed E-state index contributed by atoms with van der Waals surface area (Å²) in [5, 5.41) is 0. The zero-order valence-electron chi connectivity index (χ0n) is 9.29. The summed E-state index contributed by atoms with van der Waals surface area (Å²) in [5.74, 6) is 0.389. The highest BCUT2D eigenvalue weighted by Gasteiger charge is 2.02. The van der Waals surface area contributed by atoms with Crippen molar-refractivity contribution in [2.45, 2.75) is 19.8 Å². The molecular formula is C12H13N3O. The molecule has 2 heterocycles. The topological polar surface area (TPSA) is 47.8 Å². The van der Waals surface area contributed by atoms with E-state index in [1.54, 1.807) is 6.20 Å². The predicted octanol–water partition coefficient (Wildman–Crippen LogP) is 1.75. The van der Waals surface area contributed by atoms with Gasteiger partial charge in [0.15, 0.2) is 0 Å². The summed E-state index contributed by atoms with van der Waals surface area (Å²) in [6, 6.07) is 5.24. The number of hydrogen-bond acceptors (Lipinski definition) is 3. The van der Waals surface area contributed by atoms with Gasteiger partial charge >= 0.3 is 0 Å². The minimum absolute atomic E-state index is 0.103. The molecule has 2 rings (SSSR count). The van der Waals surface area contributed by atoms with Gasteiger partial charge < -0.3 is 0 Å². The molecule has 4 nitrogen and oxygen atoms in total. The third kappa shape index (κ3) is 2.00. The smallest absolute Gasteiger partial charge is 0.257 e. The molecule has 0 spiro atoms. The summed E-state index contributed by atoms with van der Waals surface area (Å²) in [6.45, 7) is 4.16. The van der Waals surface area contributed by atoms with E-state index in [4.69, 9.17) is 0 Å². The average Bonchev–Trinajstić information content (AvgIpc) is 2.30. The van der Waals surface area contributed by atoms with E-state index in [1.165, 1.54) is 23.2 Å². The van der Waals surface area contributed by atoms with E-state index in [0.717, 1.165) is 11.4 Å². The van der Waals surface area contributed by atoms with Crippen molar-refractivity contribution in [1.29, 1.82) is 0 Å². The highest BCUT2D eigenvalue weighted by atomic mass is 16.1. The zero-order chi connectivity index (χ0) is 11.5. The van der Waals surface area contributed by atoms with Crippen LogP contribution < -0.4 is 5.56 Å². The number of rotatable bonds is 2. The molecule has 0 N–H and O–H groups in total. The van der Waals surface area contributed by atoms with Crippen LogP contribution in [0.3, 0.4) is 0 Å². The minimum atomic E-state index is -0.103. The Morgan fingerprint density at radius 2 is 2.06 bits per heavy atom. The lowest BCUT2D eigenvalue weighted by Crippen LogP contribution is -2.16. The summed E-state index contributed by atoms with van der Waals surface area (Å²) in [5.41, 5.74) is 1.65. The van der Waals surface area contributed by atoms with Crippen molar-refractivity contribution in [3.63, 3.8) is 0 Å². The lowest BCUT2D eigenvalue weighted by Gasteiger charge is -2.06. The van der Waals surface area contributed by atoms with E-state index in [2.05, 4.69) is 23.8 Å². The Morgan fingerprint density at radius 3 is 2.62 bits per heavy atom. The van der Waals surface area contributed by atoms with Gasteiger partial charge in [0.1, 0.15) is 6.33 Å². The van der Waals surface area contributed by atoms with Crippen molar-refractivity contribution in [3.8, 4) is 5.69 Å². The normalized spacial score (nSPS) is 10.7. The van der Waals surface area contributed by atoms with Crippen LogP contribution in [0.2, 0.25) is 0 Å². The SMILES string of the molecule is CC(C)c1ccc(-n2cnccc2=O)cn1. The summed E-state index contributed by atoms with van der Waals surface area (Å²) >= 11 is 0. The Labute approximate surface area is 93.6 Å². The molecule has 4 heteroatoms. The lowest BCUT2D eigenvalue weighted by molar-refractivity contribution is 0.816. The van der Waals surface area contributed by atoms with Gasteiger partial charge in [-0.05, 0) is 18.1 Å². The number of hydrogen-bond donors (Lipinski definition) is 0. The van der Waals surface area contributed by atoms with Crippen LogP contribution in [0.5, 0.6) is 0 Å². The maximum absolute atomic E-state index is 11.5. The van der Waals surface area contributed by atoms with Gasteiger partial charge in [0, 0.05) is 18.0 Å². The highest BCUT2D eigenvalue weighted by Crippen LogP contribution is 2.12. The van der Waals surface area contributed by atoms with E-state index < -0.39 is 0 Å². The van der Waals surface area contributed by atoms with Crippen LogP contribution in [0.4, 0.5) is 0 Å². The molecule has 0 amide bonds. The van der Waals surface area contributed by atoms with Gasteiger partial charge in [-0.25, -0.2) is 4.98 Å². The summed E-state index contributed by atoms with van der Waals surface area (Å²) in [6.07, 6.45) is 4.67. The molecule has 0 atom stereocenters. The molecule has 0 bridgehead atoms. The predicted molar refractivity (Wildman–Crippen MR) is 61.7 cm³/mol. The van der Waals surface area contributed by atoms with Crippen LogP contribution >= 0.6 is 0 Å². The summed E-state index contributed by atoms with van der Waals surface area (Å²) < 4.78 is 1.47. The number of nitrogens with zero attached hydrogens (tertiary/aromatic N) is 3. The maximum atomic E-state index is 11.5. The monoisotopic (exact) mass is 215 g/mol. The fourth-order valence-corrected chi connectivity index (χ4v) is 1.42. The molecule has 2 aromatic heterocycles.